The van der Waals surface area contributed by atoms with Crippen LogP contribution in [-0.2, 0) is 6.42 Å². The lowest BCUT2D eigenvalue weighted by molar-refractivity contribution is 0.438. The summed E-state index contributed by atoms with van der Waals surface area (Å²) >= 11 is 0. The molecule has 0 fully saturated rings. The van der Waals surface area contributed by atoms with Gasteiger partial charge in [0.15, 0.2) is 0 Å². The van der Waals surface area contributed by atoms with E-state index in [-0.39, 0.29) is 6.04 Å². The third-order valence-electron chi connectivity index (χ3n) is 4.08. The molecule has 0 aliphatic heterocycles. The molecule has 0 bridgehead atoms. The van der Waals surface area contributed by atoms with Gasteiger partial charge in [0, 0.05) is 24.0 Å². The SMILES string of the molecule is CCNC(c1cc(C)ccn1)C1CCc2cccnc21. The van der Waals surface area contributed by atoms with E-state index in [0.29, 0.717) is 5.92 Å². The van der Waals surface area contributed by atoms with Gasteiger partial charge in [0.25, 0.3) is 0 Å². The maximum Gasteiger partial charge on any atom is 0.0582 e. The zero-order valence-corrected chi connectivity index (χ0v) is 12.1. The summed E-state index contributed by atoms with van der Waals surface area (Å²) in [4.78, 5) is 9.21. The Bertz CT molecular complexity index is 594. The number of fused-ring (bicyclic) bond motifs is 1. The van der Waals surface area contributed by atoms with E-state index >= 15 is 0 Å². The van der Waals surface area contributed by atoms with E-state index in [2.05, 4.69) is 41.3 Å². The molecule has 2 unspecified atom stereocenters. The Kier molecular flexibility index (Phi) is 3.79. The van der Waals surface area contributed by atoms with Gasteiger partial charge < -0.3 is 5.32 Å². The minimum atomic E-state index is 0.260. The Labute approximate surface area is 120 Å². The highest BCUT2D eigenvalue weighted by Gasteiger charge is 2.32. The number of aryl methyl sites for hydroxylation is 2. The lowest BCUT2D eigenvalue weighted by atomic mass is 9.93. The van der Waals surface area contributed by atoms with Gasteiger partial charge in [-0.3, -0.25) is 9.97 Å². The van der Waals surface area contributed by atoms with Crippen LogP contribution in [0.15, 0.2) is 36.7 Å². The highest BCUT2D eigenvalue weighted by molar-refractivity contribution is 5.32. The summed E-state index contributed by atoms with van der Waals surface area (Å²) in [6.45, 7) is 5.21. The molecule has 0 amide bonds. The highest BCUT2D eigenvalue weighted by atomic mass is 15.0. The minimum Gasteiger partial charge on any atom is -0.308 e. The summed E-state index contributed by atoms with van der Waals surface area (Å²) < 4.78 is 0. The Morgan fingerprint density at radius 3 is 3.00 bits per heavy atom. The van der Waals surface area contributed by atoms with Crippen molar-refractivity contribution in [1.82, 2.24) is 15.3 Å². The topological polar surface area (TPSA) is 37.8 Å². The van der Waals surface area contributed by atoms with Crippen molar-refractivity contribution in [3.05, 3.63) is 59.2 Å². The molecule has 1 aliphatic rings. The fraction of sp³-hybridized carbons (Fsp3) is 0.412. The normalized spacial score (nSPS) is 18.8. The molecule has 2 heterocycles. The zero-order chi connectivity index (χ0) is 13.9. The Balaban J connectivity index is 1.96. The number of aromatic nitrogens is 2. The molecule has 1 aliphatic carbocycles. The monoisotopic (exact) mass is 267 g/mol. The van der Waals surface area contributed by atoms with Gasteiger partial charge in [-0.2, -0.15) is 0 Å². The Morgan fingerprint density at radius 1 is 1.30 bits per heavy atom. The van der Waals surface area contributed by atoms with Crippen molar-refractivity contribution in [3.8, 4) is 0 Å². The first-order chi connectivity index (χ1) is 9.79. The van der Waals surface area contributed by atoms with E-state index < -0.39 is 0 Å². The number of nitrogens with one attached hydrogen (secondary N) is 1. The molecule has 2 aromatic heterocycles. The lowest BCUT2D eigenvalue weighted by Gasteiger charge is -2.24. The molecule has 2 atom stereocenters. The van der Waals surface area contributed by atoms with E-state index in [9.17, 15) is 0 Å². The largest absolute Gasteiger partial charge is 0.308 e. The molecular formula is C17H21N3. The third-order valence-corrected chi connectivity index (χ3v) is 4.08. The highest BCUT2D eigenvalue weighted by Crippen LogP contribution is 2.39. The minimum absolute atomic E-state index is 0.260. The predicted molar refractivity (Wildman–Crippen MR) is 80.7 cm³/mol. The van der Waals surface area contributed by atoms with E-state index in [1.807, 2.05) is 24.5 Å². The van der Waals surface area contributed by atoms with E-state index in [1.54, 1.807) is 0 Å². The van der Waals surface area contributed by atoms with Gasteiger partial charge in [-0.25, -0.2) is 0 Å². The molecule has 3 heteroatoms. The van der Waals surface area contributed by atoms with Crippen molar-refractivity contribution in [2.24, 2.45) is 0 Å². The van der Waals surface area contributed by atoms with Crippen molar-refractivity contribution in [3.63, 3.8) is 0 Å². The zero-order valence-electron chi connectivity index (χ0n) is 12.1. The van der Waals surface area contributed by atoms with E-state index in [4.69, 9.17) is 0 Å². The van der Waals surface area contributed by atoms with Crippen LogP contribution in [0.4, 0.5) is 0 Å². The first-order valence-electron chi connectivity index (χ1n) is 7.39. The Morgan fingerprint density at radius 2 is 2.20 bits per heavy atom. The molecule has 0 spiro atoms. The second kappa shape index (κ2) is 5.71. The fourth-order valence-corrected chi connectivity index (χ4v) is 3.17. The van der Waals surface area contributed by atoms with Crippen molar-refractivity contribution in [1.29, 1.82) is 0 Å². The van der Waals surface area contributed by atoms with Crippen LogP contribution in [0.3, 0.4) is 0 Å². The molecular weight excluding hydrogens is 246 g/mol. The maximum atomic E-state index is 4.62. The van der Waals surface area contributed by atoms with Crippen LogP contribution >= 0.6 is 0 Å². The van der Waals surface area contributed by atoms with Crippen molar-refractivity contribution < 1.29 is 0 Å². The quantitative estimate of drug-likeness (QED) is 0.924. The van der Waals surface area contributed by atoms with Gasteiger partial charge in [-0.15, -0.1) is 0 Å². The Hall–Kier alpha value is -1.74. The van der Waals surface area contributed by atoms with Crippen LogP contribution < -0.4 is 5.32 Å². The predicted octanol–water partition coefficient (Wildman–Crippen LogP) is 3.17. The van der Waals surface area contributed by atoms with Crippen molar-refractivity contribution >= 4 is 0 Å². The van der Waals surface area contributed by atoms with Gasteiger partial charge >= 0.3 is 0 Å². The number of nitrogens with zero attached hydrogens (tertiary/aromatic N) is 2. The molecule has 3 rings (SSSR count). The number of hydrogen-bond acceptors (Lipinski definition) is 3. The summed E-state index contributed by atoms with van der Waals surface area (Å²) in [5, 5.41) is 3.61. The smallest absolute Gasteiger partial charge is 0.0582 e. The van der Waals surface area contributed by atoms with Gasteiger partial charge in [-0.1, -0.05) is 13.0 Å². The van der Waals surface area contributed by atoms with Gasteiger partial charge in [-0.05, 0) is 55.6 Å². The summed E-state index contributed by atoms with van der Waals surface area (Å²) in [6, 6.07) is 8.74. The number of pyridine rings is 2. The van der Waals surface area contributed by atoms with Gasteiger partial charge in [0.2, 0.25) is 0 Å². The summed E-state index contributed by atoms with van der Waals surface area (Å²) in [6.07, 6.45) is 6.09. The summed E-state index contributed by atoms with van der Waals surface area (Å²) in [5.74, 6) is 0.431. The molecule has 20 heavy (non-hydrogen) atoms. The lowest BCUT2D eigenvalue weighted by Crippen LogP contribution is -2.27. The fourth-order valence-electron chi connectivity index (χ4n) is 3.17. The molecule has 0 saturated heterocycles. The number of hydrogen-bond donors (Lipinski definition) is 1. The molecule has 0 saturated carbocycles. The molecule has 2 aromatic rings. The number of likely N-dealkylation sites (N-methyl/N-ethyl adjacent to an activating group) is 1. The standard InChI is InChI=1S/C17H21N3/c1-3-18-17(15-11-12(2)8-10-19-15)14-7-6-13-5-4-9-20-16(13)14/h4-5,8-11,14,17-18H,3,6-7H2,1-2H3. The summed E-state index contributed by atoms with van der Waals surface area (Å²) in [5.41, 5.74) is 5.04. The van der Waals surface area contributed by atoms with Crippen molar-refractivity contribution in [2.45, 2.75) is 38.6 Å². The molecule has 3 nitrogen and oxygen atoms in total. The van der Waals surface area contributed by atoms with Crippen LogP contribution in [-0.4, -0.2) is 16.5 Å². The van der Waals surface area contributed by atoms with Crippen LogP contribution in [0.5, 0.6) is 0 Å². The van der Waals surface area contributed by atoms with Crippen molar-refractivity contribution in [2.75, 3.05) is 6.54 Å². The van der Waals surface area contributed by atoms with Crippen LogP contribution in [0.25, 0.3) is 0 Å². The molecule has 0 aromatic carbocycles. The average Bonchev–Trinajstić information content (AvgIpc) is 2.88. The van der Waals surface area contributed by atoms with E-state index in [1.165, 1.54) is 16.8 Å². The molecule has 104 valence electrons. The molecule has 0 radical (unpaired) electrons. The third kappa shape index (κ3) is 2.46. The molecule has 1 N–H and O–H groups in total. The number of rotatable bonds is 4. The van der Waals surface area contributed by atoms with Crippen LogP contribution in [0, 0.1) is 6.92 Å². The van der Waals surface area contributed by atoms with Gasteiger partial charge in [0.05, 0.1) is 11.7 Å². The average molecular weight is 267 g/mol. The van der Waals surface area contributed by atoms with Crippen LogP contribution in [0.1, 0.15) is 47.8 Å². The first kappa shape index (κ1) is 13.3. The van der Waals surface area contributed by atoms with Crippen LogP contribution in [0.2, 0.25) is 0 Å². The van der Waals surface area contributed by atoms with Gasteiger partial charge in [0.1, 0.15) is 0 Å². The van der Waals surface area contributed by atoms with E-state index in [0.717, 1.165) is 25.1 Å². The maximum absolute atomic E-state index is 4.62. The first-order valence-corrected chi connectivity index (χ1v) is 7.39. The summed E-state index contributed by atoms with van der Waals surface area (Å²) in [7, 11) is 0. The second-order valence-corrected chi connectivity index (χ2v) is 5.49. The second-order valence-electron chi connectivity index (χ2n) is 5.49.